The SMILES string of the molecule is N#Cc1cc(Br)ccc1NS(=O)(=O)CC1CCCCC1. The molecule has 6 heteroatoms. The smallest absolute Gasteiger partial charge is 0.233 e. The van der Waals surface area contributed by atoms with Crippen molar-refractivity contribution in [3.63, 3.8) is 0 Å². The number of sulfonamides is 1. The van der Waals surface area contributed by atoms with Gasteiger partial charge in [-0.25, -0.2) is 8.42 Å². The van der Waals surface area contributed by atoms with Gasteiger partial charge in [0.2, 0.25) is 10.0 Å². The van der Waals surface area contributed by atoms with E-state index in [1.54, 1.807) is 18.2 Å². The molecule has 1 aromatic rings. The van der Waals surface area contributed by atoms with Crippen LogP contribution in [0.5, 0.6) is 0 Å². The predicted molar refractivity (Wildman–Crippen MR) is 82.8 cm³/mol. The molecule has 0 bridgehead atoms. The highest BCUT2D eigenvalue weighted by atomic mass is 79.9. The zero-order valence-electron chi connectivity index (χ0n) is 11.1. The highest BCUT2D eigenvalue weighted by Crippen LogP contribution is 2.26. The molecule has 0 aromatic heterocycles. The van der Waals surface area contributed by atoms with Crippen molar-refractivity contribution in [2.75, 3.05) is 10.5 Å². The van der Waals surface area contributed by atoms with E-state index in [4.69, 9.17) is 5.26 Å². The van der Waals surface area contributed by atoms with Crippen LogP contribution in [0.4, 0.5) is 5.69 Å². The minimum absolute atomic E-state index is 0.147. The van der Waals surface area contributed by atoms with Gasteiger partial charge in [0.05, 0.1) is 17.0 Å². The minimum Gasteiger partial charge on any atom is -0.282 e. The van der Waals surface area contributed by atoms with E-state index in [-0.39, 0.29) is 11.7 Å². The zero-order chi connectivity index (χ0) is 14.6. The van der Waals surface area contributed by atoms with Crippen LogP contribution in [-0.2, 0) is 10.0 Å². The van der Waals surface area contributed by atoms with Crippen molar-refractivity contribution in [1.29, 1.82) is 5.26 Å². The van der Waals surface area contributed by atoms with E-state index in [1.165, 1.54) is 6.42 Å². The molecule has 0 saturated heterocycles. The number of nitrogens with one attached hydrogen (secondary N) is 1. The number of hydrogen-bond acceptors (Lipinski definition) is 3. The molecule has 0 atom stereocenters. The van der Waals surface area contributed by atoms with Crippen LogP contribution in [0, 0.1) is 17.2 Å². The monoisotopic (exact) mass is 356 g/mol. The number of anilines is 1. The minimum atomic E-state index is -3.40. The summed E-state index contributed by atoms with van der Waals surface area (Å²) in [6.07, 6.45) is 5.39. The topological polar surface area (TPSA) is 70.0 Å². The van der Waals surface area contributed by atoms with E-state index in [0.717, 1.165) is 30.2 Å². The van der Waals surface area contributed by atoms with Crippen LogP contribution in [0.15, 0.2) is 22.7 Å². The molecule has 4 nitrogen and oxygen atoms in total. The molecule has 20 heavy (non-hydrogen) atoms. The molecule has 1 aliphatic rings. The predicted octanol–water partition coefficient (Wildman–Crippen LogP) is 3.64. The summed E-state index contributed by atoms with van der Waals surface area (Å²) in [6.45, 7) is 0. The first kappa shape index (κ1) is 15.3. The number of nitriles is 1. The fourth-order valence-corrected chi connectivity index (χ4v) is 4.48. The number of hydrogen-bond donors (Lipinski definition) is 1. The van der Waals surface area contributed by atoms with Crippen molar-refractivity contribution in [2.45, 2.75) is 32.1 Å². The Morgan fingerprint density at radius 2 is 2.00 bits per heavy atom. The lowest BCUT2D eigenvalue weighted by Gasteiger charge is -2.21. The van der Waals surface area contributed by atoms with Gasteiger partial charge in [0.25, 0.3) is 0 Å². The summed E-state index contributed by atoms with van der Waals surface area (Å²) in [5, 5.41) is 9.06. The van der Waals surface area contributed by atoms with Gasteiger partial charge in [-0.2, -0.15) is 5.26 Å². The maximum Gasteiger partial charge on any atom is 0.233 e. The first-order valence-corrected chi connectivity index (χ1v) is 9.15. The van der Waals surface area contributed by atoms with Crippen LogP contribution >= 0.6 is 15.9 Å². The summed E-state index contributed by atoms with van der Waals surface area (Å²) < 4.78 is 27.7. The molecular formula is C14H17BrN2O2S. The Morgan fingerprint density at radius 1 is 1.30 bits per heavy atom. The summed E-state index contributed by atoms with van der Waals surface area (Å²) in [6, 6.07) is 6.95. The number of benzene rings is 1. The maximum atomic E-state index is 12.2. The number of halogens is 1. The molecule has 0 spiro atoms. The average molecular weight is 357 g/mol. The van der Waals surface area contributed by atoms with Gasteiger partial charge >= 0.3 is 0 Å². The fourth-order valence-electron chi connectivity index (χ4n) is 2.57. The van der Waals surface area contributed by atoms with E-state index in [9.17, 15) is 8.42 Å². The molecule has 0 amide bonds. The molecule has 108 valence electrons. The van der Waals surface area contributed by atoms with Crippen molar-refractivity contribution >= 4 is 31.6 Å². The summed E-state index contributed by atoms with van der Waals surface area (Å²) >= 11 is 3.27. The number of rotatable bonds is 4. The van der Waals surface area contributed by atoms with E-state index in [2.05, 4.69) is 20.7 Å². The van der Waals surface area contributed by atoms with E-state index in [0.29, 0.717) is 11.3 Å². The quantitative estimate of drug-likeness (QED) is 0.894. The van der Waals surface area contributed by atoms with Gasteiger partial charge in [-0.3, -0.25) is 4.72 Å². The van der Waals surface area contributed by atoms with Gasteiger partial charge in [-0.15, -0.1) is 0 Å². The highest BCUT2D eigenvalue weighted by molar-refractivity contribution is 9.10. The molecule has 0 unspecified atom stereocenters. The van der Waals surface area contributed by atoms with E-state index in [1.807, 2.05) is 6.07 Å². The Balaban J connectivity index is 2.10. The Kier molecular flexibility index (Phi) is 5.06. The standard InChI is InChI=1S/C14H17BrN2O2S/c15-13-6-7-14(12(8-13)9-16)17-20(18,19)10-11-4-2-1-3-5-11/h6-8,11,17H,1-5,10H2. The highest BCUT2D eigenvalue weighted by Gasteiger charge is 2.22. The van der Waals surface area contributed by atoms with Gasteiger partial charge < -0.3 is 0 Å². The van der Waals surface area contributed by atoms with Gasteiger partial charge in [0.15, 0.2) is 0 Å². The van der Waals surface area contributed by atoms with Crippen molar-refractivity contribution in [2.24, 2.45) is 5.92 Å². The summed E-state index contributed by atoms with van der Waals surface area (Å²) in [7, 11) is -3.40. The van der Waals surface area contributed by atoms with Gasteiger partial charge in [0.1, 0.15) is 6.07 Å². The Hall–Kier alpha value is -1.06. The third-order valence-electron chi connectivity index (χ3n) is 3.55. The van der Waals surface area contributed by atoms with E-state index >= 15 is 0 Å². The molecule has 1 N–H and O–H groups in total. The summed E-state index contributed by atoms with van der Waals surface area (Å²) in [5.74, 6) is 0.385. The summed E-state index contributed by atoms with van der Waals surface area (Å²) in [5.41, 5.74) is 0.679. The normalized spacial score (nSPS) is 16.6. The molecule has 2 rings (SSSR count). The molecule has 1 aliphatic carbocycles. The molecule has 1 saturated carbocycles. The Morgan fingerprint density at radius 3 is 2.65 bits per heavy atom. The second-order valence-corrected chi connectivity index (χ2v) is 7.87. The van der Waals surface area contributed by atoms with Crippen LogP contribution in [0.1, 0.15) is 37.7 Å². The first-order chi connectivity index (χ1) is 9.50. The van der Waals surface area contributed by atoms with Crippen LogP contribution in [0.2, 0.25) is 0 Å². The van der Waals surface area contributed by atoms with Crippen molar-refractivity contribution in [3.05, 3.63) is 28.2 Å². The van der Waals surface area contributed by atoms with Crippen LogP contribution in [0.3, 0.4) is 0 Å². The molecule has 0 heterocycles. The largest absolute Gasteiger partial charge is 0.282 e. The van der Waals surface area contributed by atoms with Gasteiger partial charge in [-0.05, 0) is 37.0 Å². The summed E-state index contributed by atoms with van der Waals surface area (Å²) in [4.78, 5) is 0. The van der Waals surface area contributed by atoms with Crippen LogP contribution < -0.4 is 4.72 Å². The average Bonchev–Trinajstić information content (AvgIpc) is 2.41. The van der Waals surface area contributed by atoms with Gasteiger partial charge in [-0.1, -0.05) is 35.2 Å². The molecule has 0 aliphatic heterocycles. The maximum absolute atomic E-state index is 12.2. The van der Waals surface area contributed by atoms with Crippen LogP contribution in [-0.4, -0.2) is 14.2 Å². The van der Waals surface area contributed by atoms with Crippen molar-refractivity contribution in [3.8, 4) is 6.07 Å². The lowest BCUT2D eigenvalue weighted by Crippen LogP contribution is -2.24. The molecule has 0 radical (unpaired) electrons. The zero-order valence-corrected chi connectivity index (χ0v) is 13.5. The van der Waals surface area contributed by atoms with E-state index < -0.39 is 10.0 Å². The fraction of sp³-hybridized carbons (Fsp3) is 0.500. The Labute approximate surface area is 128 Å². The number of nitrogens with zero attached hydrogens (tertiary/aromatic N) is 1. The second-order valence-electron chi connectivity index (χ2n) is 5.19. The lowest BCUT2D eigenvalue weighted by atomic mass is 9.91. The third-order valence-corrected chi connectivity index (χ3v) is 5.48. The molecule has 1 fully saturated rings. The van der Waals surface area contributed by atoms with Crippen LogP contribution in [0.25, 0.3) is 0 Å². The third kappa shape index (κ3) is 4.22. The Bertz CT molecular complexity index is 617. The van der Waals surface area contributed by atoms with Crippen molar-refractivity contribution < 1.29 is 8.42 Å². The van der Waals surface area contributed by atoms with Crippen molar-refractivity contribution in [1.82, 2.24) is 0 Å². The lowest BCUT2D eigenvalue weighted by molar-refractivity contribution is 0.385. The first-order valence-electron chi connectivity index (χ1n) is 6.70. The molecular weight excluding hydrogens is 340 g/mol. The second kappa shape index (κ2) is 6.59. The van der Waals surface area contributed by atoms with Gasteiger partial charge in [0, 0.05) is 4.47 Å². The molecule has 1 aromatic carbocycles.